The Bertz CT molecular complexity index is 845. The lowest BCUT2D eigenvalue weighted by Crippen LogP contribution is -2.27. The molecule has 2 amide bonds. The minimum absolute atomic E-state index is 0.0127. The van der Waals surface area contributed by atoms with E-state index < -0.39 is 4.92 Å². The number of nitrogens with zero attached hydrogens (tertiary/aromatic N) is 1. The molecule has 0 unspecified atom stereocenters. The number of nitro groups is 1. The molecule has 7 heteroatoms. The number of non-ortho nitro benzene ring substituents is 1. The fraction of sp³-hybridized carbons (Fsp3) is 0.300. The van der Waals surface area contributed by atoms with E-state index in [0.29, 0.717) is 29.3 Å². The van der Waals surface area contributed by atoms with Crippen LogP contribution in [0.25, 0.3) is 0 Å². The SMILES string of the molecule is Cc1cc(C(=O)NCC(C)C)ccc1NC(=O)Cc1ccc([N+](=O)[O-])cc1. The summed E-state index contributed by atoms with van der Waals surface area (Å²) in [6.45, 7) is 6.47. The van der Waals surface area contributed by atoms with Crippen molar-refractivity contribution in [2.75, 3.05) is 11.9 Å². The first-order valence-electron chi connectivity index (χ1n) is 8.68. The number of nitrogens with one attached hydrogen (secondary N) is 2. The molecule has 0 spiro atoms. The van der Waals surface area contributed by atoms with Crippen molar-refractivity contribution in [3.05, 3.63) is 69.3 Å². The smallest absolute Gasteiger partial charge is 0.269 e. The first-order valence-corrected chi connectivity index (χ1v) is 8.68. The molecule has 0 saturated heterocycles. The van der Waals surface area contributed by atoms with Crippen molar-refractivity contribution in [2.45, 2.75) is 27.2 Å². The number of rotatable bonds is 7. The highest BCUT2D eigenvalue weighted by atomic mass is 16.6. The minimum atomic E-state index is -0.480. The van der Waals surface area contributed by atoms with Gasteiger partial charge in [0.2, 0.25) is 5.91 Å². The van der Waals surface area contributed by atoms with E-state index in [0.717, 1.165) is 5.56 Å². The van der Waals surface area contributed by atoms with Crippen LogP contribution < -0.4 is 10.6 Å². The number of carbonyl (C=O) groups excluding carboxylic acids is 2. The fourth-order valence-electron chi connectivity index (χ4n) is 2.46. The van der Waals surface area contributed by atoms with E-state index >= 15 is 0 Å². The van der Waals surface area contributed by atoms with Gasteiger partial charge in [0.25, 0.3) is 11.6 Å². The van der Waals surface area contributed by atoms with Crippen LogP contribution in [-0.2, 0) is 11.2 Å². The molecule has 2 N–H and O–H groups in total. The Morgan fingerprint density at radius 3 is 2.33 bits per heavy atom. The first kappa shape index (κ1) is 20.1. The third-order valence-corrected chi connectivity index (χ3v) is 3.95. The highest BCUT2D eigenvalue weighted by Gasteiger charge is 2.11. The molecule has 0 aliphatic heterocycles. The second-order valence-electron chi connectivity index (χ2n) is 6.78. The highest BCUT2D eigenvalue weighted by molar-refractivity contribution is 5.97. The minimum Gasteiger partial charge on any atom is -0.352 e. The molecule has 0 bridgehead atoms. The molecule has 0 saturated carbocycles. The first-order chi connectivity index (χ1) is 12.8. The van der Waals surface area contributed by atoms with Crippen molar-refractivity contribution >= 4 is 23.2 Å². The molecule has 0 heterocycles. The zero-order valence-electron chi connectivity index (χ0n) is 15.6. The molecule has 0 fully saturated rings. The van der Waals surface area contributed by atoms with E-state index in [2.05, 4.69) is 10.6 Å². The van der Waals surface area contributed by atoms with Crippen LogP contribution in [0.3, 0.4) is 0 Å². The Kier molecular flexibility index (Phi) is 6.65. The van der Waals surface area contributed by atoms with E-state index in [1.54, 1.807) is 30.3 Å². The molecule has 0 atom stereocenters. The number of nitro benzene ring substituents is 1. The van der Waals surface area contributed by atoms with E-state index in [9.17, 15) is 19.7 Å². The van der Waals surface area contributed by atoms with E-state index in [4.69, 9.17) is 0 Å². The number of carbonyl (C=O) groups is 2. The second-order valence-corrected chi connectivity index (χ2v) is 6.78. The molecule has 0 aliphatic carbocycles. The van der Waals surface area contributed by atoms with Gasteiger partial charge < -0.3 is 10.6 Å². The maximum atomic E-state index is 12.2. The topological polar surface area (TPSA) is 101 Å². The Balaban J connectivity index is 1.99. The van der Waals surface area contributed by atoms with Crippen molar-refractivity contribution in [2.24, 2.45) is 5.92 Å². The van der Waals surface area contributed by atoms with E-state index in [-0.39, 0.29) is 23.9 Å². The van der Waals surface area contributed by atoms with Crippen LogP contribution in [0.4, 0.5) is 11.4 Å². The van der Waals surface area contributed by atoms with Gasteiger partial charge in [-0.05, 0) is 42.2 Å². The van der Waals surface area contributed by atoms with Gasteiger partial charge in [0.1, 0.15) is 0 Å². The number of amides is 2. The molecular weight excluding hydrogens is 346 g/mol. The Morgan fingerprint density at radius 1 is 1.11 bits per heavy atom. The number of benzene rings is 2. The summed E-state index contributed by atoms with van der Waals surface area (Å²) in [7, 11) is 0. The lowest BCUT2D eigenvalue weighted by atomic mass is 10.1. The van der Waals surface area contributed by atoms with E-state index in [1.165, 1.54) is 12.1 Å². The molecule has 0 aromatic heterocycles. The summed E-state index contributed by atoms with van der Waals surface area (Å²) < 4.78 is 0. The summed E-state index contributed by atoms with van der Waals surface area (Å²) in [5.74, 6) is -0.00690. The van der Waals surface area contributed by atoms with Crippen molar-refractivity contribution < 1.29 is 14.5 Å². The Morgan fingerprint density at radius 2 is 1.78 bits per heavy atom. The zero-order valence-corrected chi connectivity index (χ0v) is 15.6. The number of hydrogen-bond acceptors (Lipinski definition) is 4. The average Bonchev–Trinajstić information content (AvgIpc) is 2.61. The van der Waals surface area contributed by atoms with Crippen LogP contribution in [0, 0.1) is 23.0 Å². The summed E-state index contributed by atoms with van der Waals surface area (Å²) in [6, 6.07) is 11.0. The summed E-state index contributed by atoms with van der Waals surface area (Å²) >= 11 is 0. The molecule has 2 aromatic rings. The highest BCUT2D eigenvalue weighted by Crippen LogP contribution is 2.18. The predicted molar refractivity (Wildman–Crippen MR) is 104 cm³/mol. The monoisotopic (exact) mass is 369 g/mol. The molecule has 7 nitrogen and oxygen atoms in total. The molecule has 2 rings (SSSR count). The zero-order chi connectivity index (χ0) is 20.0. The molecule has 0 aliphatic rings. The van der Waals surface area contributed by atoms with Gasteiger partial charge in [0, 0.05) is 29.9 Å². The van der Waals surface area contributed by atoms with Crippen molar-refractivity contribution in [3.63, 3.8) is 0 Å². The summed E-state index contributed by atoms with van der Waals surface area (Å²) in [5, 5.41) is 16.3. The van der Waals surface area contributed by atoms with Gasteiger partial charge in [-0.3, -0.25) is 19.7 Å². The van der Waals surface area contributed by atoms with Crippen LogP contribution >= 0.6 is 0 Å². The largest absolute Gasteiger partial charge is 0.352 e. The lowest BCUT2D eigenvalue weighted by molar-refractivity contribution is -0.384. The van der Waals surface area contributed by atoms with Crippen molar-refractivity contribution in [3.8, 4) is 0 Å². The molecular formula is C20H23N3O4. The second kappa shape index (κ2) is 8.93. The average molecular weight is 369 g/mol. The third kappa shape index (κ3) is 5.91. The van der Waals surface area contributed by atoms with Gasteiger partial charge >= 0.3 is 0 Å². The standard InChI is InChI=1S/C20H23N3O4/c1-13(2)12-21-20(25)16-6-9-18(14(3)10-16)22-19(24)11-15-4-7-17(8-5-15)23(26)27/h4-10,13H,11-12H2,1-3H3,(H,21,25)(H,22,24). The maximum Gasteiger partial charge on any atom is 0.269 e. The number of anilines is 1. The van der Waals surface area contributed by atoms with Gasteiger partial charge in [-0.15, -0.1) is 0 Å². The van der Waals surface area contributed by atoms with Gasteiger partial charge in [0.15, 0.2) is 0 Å². The van der Waals surface area contributed by atoms with E-state index in [1.807, 2.05) is 20.8 Å². The van der Waals surface area contributed by atoms with Crippen molar-refractivity contribution in [1.82, 2.24) is 5.32 Å². The normalized spacial score (nSPS) is 10.5. The fourth-order valence-corrected chi connectivity index (χ4v) is 2.46. The van der Waals surface area contributed by atoms with Crippen LogP contribution in [-0.4, -0.2) is 23.3 Å². The predicted octanol–water partition coefficient (Wildman–Crippen LogP) is 3.47. The van der Waals surface area contributed by atoms with Gasteiger partial charge in [0.05, 0.1) is 11.3 Å². The Labute approximate surface area is 157 Å². The summed E-state index contributed by atoms with van der Waals surface area (Å²) in [5.41, 5.74) is 2.62. The van der Waals surface area contributed by atoms with Gasteiger partial charge in [-0.2, -0.15) is 0 Å². The molecule has 0 radical (unpaired) electrons. The van der Waals surface area contributed by atoms with Crippen LogP contribution in [0.2, 0.25) is 0 Å². The van der Waals surface area contributed by atoms with Crippen molar-refractivity contribution in [1.29, 1.82) is 0 Å². The van der Waals surface area contributed by atoms with Crippen LogP contribution in [0.5, 0.6) is 0 Å². The Hall–Kier alpha value is -3.22. The lowest BCUT2D eigenvalue weighted by Gasteiger charge is -2.11. The molecule has 142 valence electrons. The molecule has 27 heavy (non-hydrogen) atoms. The quantitative estimate of drug-likeness (QED) is 0.576. The van der Waals surface area contributed by atoms with Gasteiger partial charge in [-0.1, -0.05) is 26.0 Å². The maximum absolute atomic E-state index is 12.2. The summed E-state index contributed by atoms with van der Waals surface area (Å²) in [4.78, 5) is 34.5. The van der Waals surface area contributed by atoms with Gasteiger partial charge in [-0.25, -0.2) is 0 Å². The van der Waals surface area contributed by atoms with Crippen LogP contribution in [0.1, 0.15) is 35.3 Å². The molecule has 2 aromatic carbocycles. The third-order valence-electron chi connectivity index (χ3n) is 3.95. The number of aryl methyl sites for hydroxylation is 1. The van der Waals surface area contributed by atoms with Crippen LogP contribution in [0.15, 0.2) is 42.5 Å². The number of hydrogen-bond donors (Lipinski definition) is 2. The summed E-state index contributed by atoms with van der Waals surface area (Å²) in [6.07, 6.45) is 0.105.